The van der Waals surface area contributed by atoms with Crippen molar-refractivity contribution in [2.24, 2.45) is 11.8 Å². The van der Waals surface area contributed by atoms with Gasteiger partial charge in [-0.25, -0.2) is 0 Å². The van der Waals surface area contributed by atoms with Crippen LogP contribution in [0.3, 0.4) is 0 Å². The summed E-state index contributed by atoms with van der Waals surface area (Å²) in [7, 11) is 0. The summed E-state index contributed by atoms with van der Waals surface area (Å²) in [5, 5.41) is 23.1. The molecule has 1 aromatic carbocycles. The minimum Gasteiger partial charge on any atom is -0.481 e. The van der Waals surface area contributed by atoms with Gasteiger partial charge in [0.15, 0.2) is 0 Å². The maximum atomic E-state index is 12.4. The van der Waals surface area contributed by atoms with Crippen LogP contribution in [0.4, 0.5) is 11.4 Å². The van der Waals surface area contributed by atoms with Crippen molar-refractivity contribution in [1.29, 1.82) is 0 Å². The number of hydrogen-bond acceptors (Lipinski definition) is 4. The van der Waals surface area contributed by atoms with Crippen molar-refractivity contribution < 1.29 is 19.6 Å². The van der Waals surface area contributed by atoms with E-state index >= 15 is 0 Å². The van der Waals surface area contributed by atoms with E-state index in [1.54, 1.807) is 13.0 Å². The largest absolute Gasteiger partial charge is 0.481 e. The number of halogens is 1. The number of aliphatic carboxylic acids is 1. The lowest BCUT2D eigenvalue weighted by atomic mass is 9.82. The molecule has 0 heterocycles. The summed E-state index contributed by atoms with van der Waals surface area (Å²) >= 11 is 5.91. The smallest absolute Gasteiger partial charge is 0.307 e. The second kappa shape index (κ2) is 6.78. The standard InChI is InChI=1S/C15H15ClN2O5/c1-8-2-4-10(7-13(8)18(22)23)17-14(19)12-6-9(16)3-5-11(12)15(20)21/h2-4,7,11-12H,5-6H2,1H3,(H,17,19)(H,20,21). The van der Waals surface area contributed by atoms with Gasteiger partial charge in [-0.2, -0.15) is 0 Å². The summed E-state index contributed by atoms with van der Waals surface area (Å²) in [6.07, 6.45) is 1.92. The van der Waals surface area contributed by atoms with Gasteiger partial charge in [-0.1, -0.05) is 23.7 Å². The molecule has 1 aromatic rings. The lowest BCUT2D eigenvalue weighted by Gasteiger charge is -2.25. The topological polar surface area (TPSA) is 110 Å². The Bertz CT molecular complexity index is 701. The molecule has 2 N–H and O–H groups in total. The number of carbonyl (C=O) groups excluding carboxylic acids is 1. The van der Waals surface area contributed by atoms with Gasteiger partial charge in [-0.15, -0.1) is 0 Å². The van der Waals surface area contributed by atoms with Crippen LogP contribution in [0.2, 0.25) is 0 Å². The average Bonchev–Trinajstić information content (AvgIpc) is 2.48. The number of nitro groups is 1. The van der Waals surface area contributed by atoms with Crippen molar-refractivity contribution in [3.8, 4) is 0 Å². The molecule has 2 unspecified atom stereocenters. The molecule has 23 heavy (non-hydrogen) atoms. The molecule has 2 rings (SSSR count). The molecular weight excluding hydrogens is 324 g/mol. The summed E-state index contributed by atoms with van der Waals surface area (Å²) in [6.45, 7) is 1.59. The zero-order chi connectivity index (χ0) is 17.1. The Morgan fingerprint density at radius 2 is 2.09 bits per heavy atom. The zero-order valence-electron chi connectivity index (χ0n) is 12.3. The number of nitrogens with zero attached hydrogens (tertiary/aromatic N) is 1. The fourth-order valence-electron chi connectivity index (χ4n) is 2.52. The average molecular weight is 339 g/mol. The lowest BCUT2D eigenvalue weighted by molar-refractivity contribution is -0.385. The Balaban J connectivity index is 2.21. The van der Waals surface area contributed by atoms with Gasteiger partial charge in [0.25, 0.3) is 5.69 Å². The molecule has 0 radical (unpaired) electrons. The van der Waals surface area contributed by atoms with Crippen LogP contribution in [0.1, 0.15) is 18.4 Å². The molecule has 2 atom stereocenters. The number of anilines is 1. The number of rotatable bonds is 4. The first kappa shape index (κ1) is 17.0. The van der Waals surface area contributed by atoms with Crippen LogP contribution in [0.15, 0.2) is 29.3 Å². The fourth-order valence-corrected chi connectivity index (χ4v) is 2.78. The molecule has 0 saturated carbocycles. The summed E-state index contributed by atoms with van der Waals surface area (Å²) in [5.74, 6) is -3.26. The molecule has 1 amide bonds. The van der Waals surface area contributed by atoms with E-state index in [2.05, 4.69) is 5.32 Å². The van der Waals surface area contributed by atoms with Crippen LogP contribution in [-0.4, -0.2) is 21.9 Å². The molecule has 0 saturated heterocycles. The highest BCUT2D eigenvalue weighted by Crippen LogP contribution is 2.33. The van der Waals surface area contributed by atoms with Gasteiger partial charge in [0.1, 0.15) is 0 Å². The van der Waals surface area contributed by atoms with Gasteiger partial charge in [0.2, 0.25) is 5.91 Å². The monoisotopic (exact) mass is 338 g/mol. The molecule has 0 aromatic heterocycles. The number of nitro benzene ring substituents is 1. The van der Waals surface area contributed by atoms with Crippen LogP contribution < -0.4 is 5.32 Å². The van der Waals surface area contributed by atoms with Crippen LogP contribution in [0.5, 0.6) is 0 Å². The Kier molecular flexibility index (Phi) is 5.00. The number of carbonyl (C=O) groups is 2. The quantitative estimate of drug-likeness (QED) is 0.647. The highest BCUT2D eigenvalue weighted by molar-refractivity contribution is 6.29. The second-order valence-electron chi connectivity index (χ2n) is 5.39. The number of hydrogen-bond donors (Lipinski definition) is 2. The van der Waals surface area contributed by atoms with Crippen LogP contribution in [0.25, 0.3) is 0 Å². The first-order valence-corrected chi connectivity index (χ1v) is 7.30. The fraction of sp³-hybridized carbons (Fsp3) is 0.333. The van der Waals surface area contributed by atoms with Crippen molar-refractivity contribution in [3.05, 3.63) is 45.0 Å². The van der Waals surface area contributed by atoms with E-state index in [0.29, 0.717) is 10.6 Å². The van der Waals surface area contributed by atoms with Gasteiger partial charge >= 0.3 is 5.97 Å². The predicted octanol–water partition coefficient (Wildman–Crippen LogP) is 3.08. The molecule has 1 aliphatic rings. The Morgan fingerprint density at radius 3 is 2.70 bits per heavy atom. The molecule has 0 aliphatic heterocycles. The number of aryl methyl sites for hydroxylation is 1. The van der Waals surface area contributed by atoms with Gasteiger partial charge in [0.05, 0.1) is 16.8 Å². The predicted molar refractivity (Wildman–Crippen MR) is 84.2 cm³/mol. The Morgan fingerprint density at radius 1 is 1.39 bits per heavy atom. The third kappa shape index (κ3) is 3.87. The lowest BCUT2D eigenvalue weighted by Crippen LogP contribution is -2.35. The number of amides is 1. The molecule has 1 aliphatic carbocycles. The zero-order valence-corrected chi connectivity index (χ0v) is 13.0. The third-order valence-electron chi connectivity index (χ3n) is 3.82. The SMILES string of the molecule is Cc1ccc(NC(=O)C2CC(Cl)=CCC2C(=O)O)cc1[N+](=O)[O-]. The summed E-state index contributed by atoms with van der Waals surface area (Å²) < 4.78 is 0. The molecule has 0 fully saturated rings. The Labute approximate surface area is 137 Å². The molecule has 0 spiro atoms. The van der Waals surface area contributed by atoms with Crippen molar-refractivity contribution in [2.45, 2.75) is 19.8 Å². The van der Waals surface area contributed by atoms with E-state index in [-0.39, 0.29) is 24.2 Å². The molecule has 8 heteroatoms. The normalized spacial score (nSPS) is 20.5. The van der Waals surface area contributed by atoms with Crippen LogP contribution in [-0.2, 0) is 9.59 Å². The van der Waals surface area contributed by atoms with Crippen molar-refractivity contribution in [2.75, 3.05) is 5.32 Å². The van der Waals surface area contributed by atoms with E-state index in [1.165, 1.54) is 18.2 Å². The third-order valence-corrected chi connectivity index (χ3v) is 4.13. The summed E-state index contributed by atoms with van der Waals surface area (Å²) in [4.78, 5) is 34.0. The number of nitrogens with one attached hydrogen (secondary N) is 1. The van der Waals surface area contributed by atoms with Crippen molar-refractivity contribution >= 4 is 34.9 Å². The van der Waals surface area contributed by atoms with Gasteiger partial charge in [-0.05, 0) is 25.8 Å². The van der Waals surface area contributed by atoms with Crippen LogP contribution >= 0.6 is 11.6 Å². The molecule has 122 valence electrons. The summed E-state index contributed by atoms with van der Waals surface area (Å²) in [5.41, 5.74) is 0.612. The highest BCUT2D eigenvalue weighted by Gasteiger charge is 2.36. The maximum Gasteiger partial charge on any atom is 0.307 e. The molecule has 7 nitrogen and oxygen atoms in total. The molecule has 0 bridgehead atoms. The van der Waals surface area contributed by atoms with E-state index < -0.39 is 28.6 Å². The van der Waals surface area contributed by atoms with E-state index in [9.17, 15) is 24.8 Å². The Hall–Kier alpha value is -2.41. The van der Waals surface area contributed by atoms with Gasteiger partial charge in [-0.3, -0.25) is 19.7 Å². The van der Waals surface area contributed by atoms with E-state index in [0.717, 1.165) is 0 Å². The minimum absolute atomic E-state index is 0.112. The van der Waals surface area contributed by atoms with Gasteiger partial charge in [0, 0.05) is 22.3 Å². The van der Waals surface area contributed by atoms with E-state index in [1.807, 2.05) is 0 Å². The maximum absolute atomic E-state index is 12.4. The first-order chi connectivity index (χ1) is 10.8. The van der Waals surface area contributed by atoms with Crippen LogP contribution in [0, 0.1) is 28.9 Å². The number of allylic oxidation sites excluding steroid dienone is 2. The van der Waals surface area contributed by atoms with Crippen molar-refractivity contribution in [3.63, 3.8) is 0 Å². The van der Waals surface area contributed by atoms with E-state index in [4.69, 9.17) is 11.6 Å². The van der Waals surface area contributed by atoms with Gasteiger partial charge < -0.3 is 10.4 Å². The first-order valence-electron chi connectivity index (χ1n) is 6.93. The number of carboxylic acids is 1. The summed E-state index contributed by atoms with van der Waals surface area (Å²) in [6, 6.07) is 4.32. The number of benzene rings is 1. The minimum atomic E-state index is -1.07. The second-order valence-corrected chi connectivity index (χ2v) is 5.88. The highest BCUT2D eigenvalue weighted by atomic mass is 35.5. The molecular formula is C15H15ClN2O5. The van der Waals surface area contributed by atoms with Crippen molar-refractivity contribution in [1.82, 2.24) is 0 Å². The number of carboxylic acid groups (broad SMARTS) is 1.